The summed E-state index contributed by atoms with van der Waals surface area (Å²) in [6, 6.07) is 0.504. The molecule has 1 fully saturated rings. The van der Waals surface area contributed by atoms with Crippen LogP contribution in [0.2, 0.25) is 0 Å². The first-order valence-electron chi connectivity index (χ1n) is 6.18. The van der Waals surface area contributed by atoms with Crippen LogP contribution >= 0.6 is 0 Å². The Labute approximate surface area is 93.2 Å². The van der Waals surface area contributed by atoms with Crippen LogP contribution in [0.1, 0.15) is 40.0 Å². The van der Waals surface area contributed by atoms with Crippen LogP contribution < -0.4 is 5.32 Å². The summed E-state index contributed by atoms with van der Waals surface area (Å²) in [4.78, 5) is 13.6. The van der Waals surface area contributed by atoms with E-state index in [1.54, 1.807) is 0 Å². The molecule has 0 aromatic rings. The molecule has 0 bridgehead atoms. The molecule has 2 unspecified atom stereocenters. The van der Waals surface area contributed by atoms with Crippen LogP contribution in [0.3, 0.4) is 0 Å². The highest BCUT2D eigenvalue weighted by atomic mass is 16.2. The Morgan fingerprint density at radius 1 is 1.40 bits per heavy atom. The van der Waals surface area contributed by atoms with Crippen molar-refractivity contribution in [3.63, 3.8) is 0 Å². The quantitative estimate of drug-likeness (QED) is 0.768. The van der Waals surface area contributed by atoms with E-state index in [1.807, 2.05) is 11.8 Å². The smallest absolute Gasteiger partial charge is 0.222 e. The van der Waals surface area contributed by atoms with Crippen LogP contribution in [0.5, 0.6) is 0 Å². The van der Waals surface area contributed by atoms with Gasteiger partial charge < -0.3 is 10.2 Å². The molecule has 1 aliphatic rings. The fourth-order valence-electron chi connectivity index (χ4n) is 2.28. The zero-order valence-corrected chi connectivity index (χ0v) is 10.3. The van der Waals surface area contributed by atoms with Crippen molar-refractivity contribution >= 4 is 5.91 Å². The lowest BCUT2D eigenvalue weighted by Crippen LogP contribution is -2.50. The molecule has 1 aliphatic heterocycles. The maximum atomic E-state index is 11.6. The van der Waals surface area contributed by atoms with Crippen molar-refractivity contribution in [2.24, 2.45) is 5.92 Å². The average Bonchev–Trinajstić information content (AvgIpc) is 2.24. The molecule has 2 atom stereocenters. The van der Waals surface area contributed by atoms with Gasteiger partial charge in [-0.1, -0.05) is 20.8 Å². The van der Waals surface area contributed by atoms with E-state index in [-0.39, 0.29) is 0 Å². The van der Waals surface area contributed by atoms with Gasteiger partial charge >= 0.3 is 0 Å². The second kappa shape index (κ2) is 6.11. The highest BCUT2D eigenvalue weighted by Crippen LogP contribution is 2.17. The molecule has 0 saturated carbocycles. The molecule has 3 heteroatoms. The van der Waals surface area contributed by atoms with Crippen LogP contribution in [-0.4, -0.2) is 36.5 Å². The first-order chi connectivity index (χ1) is 7.17. The molecule has 1 rings (SSSR count). The lowest BCUT2D eigenvalue weighted by molar-refractivity contribution is -0.133. The van der Waals surface area contributed by atoms with Crippen molar-refractivity contribution in [1.29, 1.82) is 0 Å². The van der Waals surface area contributed by atoms with E-state index in [1.165, 1.54) is 6.42 Å². The molecule has 0 aromatic heterocycles. The summed E-state index contributed by atoms with van der Waals surface area (Å²) in [5.74, 6) is 0.924. The standard InChI is InChI=1S/C12H24N2O/c1-4-6-13-11-7-10(3)8-14(9-11)12(15)5-2/h10-11,13H,4-9H2,1-3H3. The van der Waals surface area contributed by atoms with E-state index in [9.17, 15) is 4.79 Å². The normalized spacial score (nSPS) is 26.7. The number of hydrogen-bond donors (Lipinski definition) is 1. The van der Waals surface area contributed by atoms with Gasteiger partial charge in [-0.05, 0) is 25.3 Å². The van der Waals surface area contributed by atoms with Gasteiger partial charge in [-0.3, -0.25) is 4.79 Å². The highest BCUT2D eigenvalue weighted by Gasteiger charge is 2.26. The Kier molecular flexibility index (Phi) is 5.09. The van der Waals surface area contributed by atoms with E-state index in [2.05, 4.69) is 19.2 Å². The molecule has 0 spiro atoms. The number of piperidine rings is 1. The van der Waals surface area contributed by atoms with Crippen molar-refractivity contribution in [2.75, 3.05) is 19.6 Å². The molecule has 15 heavy (non-hydrogen) atoms. The first kappa shape index (κ1) is 12.5. The second-order valence-electron chi connectivity index (χ2n) is 4.64. The van der Waals surface area contributed by atoms with E-state index in [0.29, 0.717) is 24.3 Å². The minimum absolute atomic E-state index is 0.296. The molecule has 88 valence electrons. The molecular formula is C12H24N2O. The summed E-state index contributed by atoms with van der Waals surface area (Å²) in [5.41, 5.74) is 0. The van der Waals surface area contributed by atoms with E-state index in [4.69, 9.17) is 0 Å². The maximum absolute atomic E-state index is 11.6. The van der Waals surface area contributed by atoms with Gasteiger partial charge in [0.25, 0.3) is 0 Å². The first-order valence-corrected chi connectivity index (χ1v) is 6.18. The molecule has 1 heterocycles. The third-order valence-corrected chi connectivity index (χ3v) is 3.00. The lowest BCUT2D eigenvalue weighted by atomic mass is 9.95. The Hall–Kier alpha value is -0.570. The highest BCUT2D eigenvalue weighted by molar-refractivity contribution is 5.75. The van der Waals surface area contributed by atoms with Crippen molar-refractivity contribution in [2.45, 2.75) is 46.1 Å². The molecule has 1 saturated heterocycles. The van der Waals surface area contributed by atoms with Crippen molar-refractivity contribution in [3.8, 4) is 0 Å². The van der Waals surface area contributed by atoms with Crippen LogP contribution in [0, 0.1) is 5.92 Å². The zero-order valence-electron chi connectivity index (χ0n) is 10.3. The Morgan fingerprint density at radius 2 is 2.13 bits per heavy atom. The average molecular weight is 212 g/mol. The summed E-state index contributed by atoms with van der Waals surface area (Å²) in [6.45, 7) is 9.25. The molecule has 0 radical (unpaired) electrons. The van der Waals surface area contributed by atoms with Gasteiger partial charge in [0, 0.05) is 25.6 Å². The topological polar surface area (TPSA) is 32.3 Å². The number of nitrogens with one attached hydrogen (secondary N) is 1. The summed E-state index contributed by atoms with van der Waals surface area (Å²) in [6.07, 6.45) is 2.99. The Bertz CT molecular complexity index is 206. The van der Waals surface area contributed by atoms with Gasteiger partial charge in [-0.25, -0.2) is 0 Å². The van der Waals surface area contributed by atoms with E-state index < -0.39 is 0 Å². The fraction of sp³-hybridized carbons (Fsp3) is 0.917. The van der Waals surface area contributed by atoms with Gasteiger partial charge in [-0.15, -0.1) is 0 Å². The summed E-state index contributed by atoms with van der Waals surface area (Å²) >= 11 is 0. The largest absolute Gasteiger partial charge is 0.341 e. The fourth-order valence-corrected chi connectivity index (χ4v) is 2.28. The predicted octanol–water partition coefficient (Wildman–Crippen LogP) is 1.63. The lowest BCUT2D eigenvalue weighted by Gasteiger charge is -2.37. The van der Waals surface area contributed by atoms with Gasteiger partial charge in [0.2, 0.25) is 5.91 Å². The molecule has 1 N–H and O–H groups in total. The van der Waals surface area contributed by atoms with Crippen molar-refractivity contribution in [3.05, 3.63) is 0 Å². The number of likely N-dealkylation sites (tertiary alicyclic amines) is 1. The van der Waals surface area contributed by atoms with E-state index in [0.717, 1.165) is 26.1 Å². The molecule has 1 amide bonds. The van der Waals surface area contributed by atoms with Gasteiger partial charge in [0.15, 0.2) is 0 Å². The number of carbonyl (C=O) groups excluding carboxylic acids is 1. The van der Waals surface area contributed by atoms with Crippen LogP contribution in [0.4, 0.5) is 0 Å². The van der Waals surface area contributed by atoms with Gasteiger partial charge in [-0.2, -0.15) is 0 Å². The third-order valence-electron chi connectivity index (χ3n) is 3.00. The minimum atomic E-state index is 0.296. The Balaban J connectivity index is 2.44. The van der Waals surface area contributed by atoms with Crippen molar-refractivity contribution < 1.29 is 4.79 Å². The van der Waals surface area contributed by atoms with Gasteiger partial charge in [0.1, 0.15) is 0 Å². The summed E-state index contributed by atoms with van der Waals surface area (Å²) in [7, 11) is 0. The van der Waals surface area contributed by atoms with Gasteiger partial charge in [0.05, 0.1) is 0 Å². The summed E-state index contributed by atoms with van der Waals surface area (Å²) < 4.78 is 0. The minimum Gasteiger partial charge on any atom is -0.341 e. The number of hydrogen-bond acceptors (Lipinski definition) is 2. The molecule has 0 aromatic carbocycles. The molecule has 3 nitrogen and oxygen atoms in total. The number of carbonyl (C=O) groups is 1. The zero-order chi connectivity index (χ0) is 11.3. The number of amides is 1. The van der Waals surface area contributed by atoms with Crippen molar-refractivity contribution in [1.82, 2.24) is 10.2 Å². The molecule has 0 aliphatic carbocycles. The SMILES string of the molecule is CCCNC1CC(C)CN(C(=O)CC)C1. The predicted molar refractivity (Wildman–Crippen MR) is 62.7 cm³/mol. The summed E-state index contributed by atoms with van der Waals surface area (Å²) in [5, 5.41) is 3.52. The maximum Gasteiger partial charge on any atom is 0.222 e. The van der Waals surface area contributed by atoms with Crippen LogP contribution in [-0.2, 0) is 4.79 Å². The van der Waals surface area contributed by atoms with Crippen LogP contribution in [0.15, 0.2) is 0 Å². The second-order valence-corrected chi connectivity index (χ2v) is 4.64. The number of rotatable bonds is 4. The molecular weight excluding hydrogens is 188 g/mol. The number of nitrogens with zero attached hydrogens (tertiary/aromatic N) is 1. The monoisotopic (exact) mass is 212 g/mol. The third kappa shape index (κ3) is 3.82. The Morgan fingerprint density at radius 3 is 2.73 bits per heavy atom. The van der Waals surface area contributed by atoms with E-state index >= 15 is 0 Å². The van der Waals surface area contributed by atoms with Crippen LogP contribution in [0.25, 0.3) is 0 Å².